The molecule has 7 heteroatoms. The van der Waals surface area contributed by atoms with E-state index in [4.69, 9.17) is 0 Å². The molecule has 0 atom stereocenters. The molecule has 66 valence electrons. The molecule has 0 aliphatic heterocycles. The predicted octanol–water partition coefficient (Wildman–Crippen LogP) is 1.81. The Morgan fingerprint density at radius 1 is 1.92 bits per heavy atom. The highest BCUT2D eigenvalue weighted by Crippen LogP contribution is 2.18. The summed E-state index contributed by atoms with van der Waals surface area (Å²) in [6.07, 6.45) is 0. The van der Waals surface area contributed by atoms with Crippen LogP contribution in [-0.2, 0) is 4.74 Å². The second kappa shape index (κ2) is 3.90. The summed E-state index contributed by atoms with van der Waals surface area (Å²) in [5.41, 5.74) is 0.0644. The molecule has 0 saturated carbocycles. The lowest BCUT2D eigenvalue weighted by Gasteiger charge is -1.91. The summed E-state index contributed by atoms with van der Waals surface area (Å²) in [6, 6.07) is 1.37. The van der Waals surface area contributed by atoms with Gasteiger partial charge in [-0.1, -0.05) is 0 Å². The maximum absolute atomic E-state index is 12.0. The van der Waals surface area contributed by atoms with E-state index >= 15 is 0 Å². The van der Waals surface area contributed by atoms with Gasteiger partial charge in [0, 0.05) is 6.07 Å². The van der Waals surface area contributed by atoms with Crippen molar-refractivity contribution in [1.82, 2.24) is 9.19 Å². The van der Waals surface area contributed by atoms with Gasteiger partial charge in [-0.2, -0.15) is 9.19 Å². The number of esters is 1. The van der Waals surface area contributed by atoms with Crippen molar-refractivity contribution in [3.05, 3.63) is 16.4 Å². The Hall–Kier alpha value is -0.560. The largest absolute Gasteiger partial charge is 0.464 e. The maximum atomic E-state index is 12.0. The molecular formula is C5H4BrFN2O2S. The van der Waals surface area contributed by atoms with Crippen LogP contribution in [0.15, 0.2) is 10.7 Å². The van der Waals surface area contributed by atoms with Crippen LogP contribution in [0.2, 0.25) is 0 Å². The summed E-state index contributed by atoms with van der Waals surface area (Å²) in [7, 11) is 1.23. The topological polar surface area (TPSA) is 44.1 Å². The smallest absolute Gasteiger partial charge is 0.358 e. The number of nitrogens with zero attached hydrogens (tertiary/aromatic N) is 2. The van der Waals surface area contributed by atoms with Crippen LogP contribution >= 0.6 is 28.3 Å². The van der Waals surface area contributed by atoms with E-state index in [1.54, 1.807) is 0 Å². The quantitative estimate of drug-likeness (QED) is 0.756. The van der Waals surface area contributed by atoms with Gasteiger partial charge in [0.05, 0.1) is 7.11 Å². The summed E-state index contributed by atoms with van der Waals surface area (Å²) < 4.78 is 17.7. The Kier molecular flexibility index (Phi) is 3.10. The van der Waals surface area contributed by atoms with E-state index in [0.29, 0.717) is 4.60 Å². The van der Waals surface area contributed by atoms with Crippen molar-refractivity contribution in [3.63, 3.8) is 0 Å². The summed E-state index contributed by atoms with van der Waals surface area (Å²) in [5, 5.41) is 3.58. The number of carbonyl (C=O) groups excluding carboxylic acids is 1. The molecule has 0 fully saturated rings. The fraction of sp³-hybridized carbons (Fsp3) is 0.200. The van der Waals surface area contributed by atoms with E-state index in [2.05, 4.69) is 25.8 Å². The van der Waals surface area contributed by atoms with Gasteiger partial charge in [-0.05, 0) is 15.9 Å². The minimum Gasteiger partial charge on any atom is -0.464 e. The summed E-state index contributed by atoms with van der Waals surface area (Å²) in [5.74, 6) is -0.594. The first-order valence-corrected chi connectivity index (χ1v) is 4.28. The van der Waals surface area contributed by atoms with Crippen LogP contribution in [0.4, 0.5) is 3.89 Å². The first-order valence-electron chi connectivity index (χ1n) is 2.82. The van der Waals surface area contributed by atoms with Crippen molar-refractivity contribution in [1.29, 1.82) is 0 Å². The fourth-order valence-corrected chi connectivity index (χ4v) is 1.29. The minimum absolute atomic E-state index is 0.0644. The molecule has 1 rings (SSSR count). The normalized spacial score (nSPS) is 9.92. The molecule has 0 N–H and O–H groups in total. The predicted molar refractivity (Wildman–Crippen MR) is 45.4 cm³/mol. The van der Waals surface area contributed by atoms with Gasteiger partial charge in [-0.25, -0.2) is 4.79 Å². The molecule has 0 amide bonds. The Bertz CT molecular complexity index is 304. The van der Waals surface area contributed by atoms with E-state index in [0.717, 1.165) is 4.09 Å². The van der Waals surface area contributed by atoms with Crippen LogP contribution in [0.1, 0.15) is 10.5 Å². The number of aromatic nitrogens is 2. The Morgan fingerprint density at radius 3 is 3.00 bits per heavy atom. The summed E-state index contributed by atoms with van der Waals surface area (Å²) >= 11 is 2.90. The van der Waals surface area contributed by atoms with Crippen molar-refractivity contribution >= 4 is 34.2 Å². The van der Waals surface area contributed by atoms with Crippen molar-refractivity contribution in [2.75, 3.05) is 7.11 Å². The van der Waals surface area contributed by atoms with Crippen molar-refractivity contribution in [2.24, 2.45) is 0 Å². The van der Waals surface area contributed by atoms with Gasteiger partial charge in [-0.15, -0.1) is 3.89 Å². The summed E-state index contributed by atoms with van der Waals surface area (Å²) in [6.45, 7) is 0. The first-order chi connectivity index (χ1) is 5.69. The van der Waals surface area contributed by atoms with Crippen molar-refractivity contribution in [3.8, 4) is 0 Å². The van der Waals surface area contributed by atoms with Crippen LogP contribution in [-0.4, -0.2) is 22.3 Å². The molecule has 0 spiro atoms. The molecule has 1 aromatic heterocycles. The minimum atomic E-state index is -0.594. The molecule has 0 saturated heterocycles. The monoisotopic (exact) mass is 254 g/mol. The highest BCUT2D eigenvalue weighted by Gasteiger charge is 2.13. The SMILES string of the molecule is COC(=O)c1cc(Br)n(SF)n1. The molecule has 0 aliphatic carbocycles. The van der Waals surface area contributed by atoms with Gasteiger partial charge < -0.3 is 4.74 Å². The number of carbonyl (C=O) groups is 1. The number of rotatable bonds is 2. The zero-order valence-corrected chi connectivity index (χ0v) is 8.35. The zero-order valence-electron chi connectivity index (χ0n) is 5.95. The Morgan fingerprint density at radius 2 is 2.58 bits per heavy atom. The number of hydrogen-bond donors (Lipinski definition) is 0. The van der Waals surface area contributed by atoms with Crippen LogP contribution in [0.5, 0.6) is 0 Å². The number of methoxy groups -OCH3 is 1. The van der Waals surface area contributed by atoms with Gasteiger partial charge >= 0.3 is 5.97 Å². The lowest BCUT2D eigenvalue weighted by Crippen LogP contribution is -2.02. The molecule has 0 bridgehead atoms. The van der Waals surface area contributed by atoms with Gasteiger partial charge in [0.2, 0.25) is 0 Å². The fourth-order valence-electron chi connectivity index (χ4n) is 0.595. The highest BCUT2D eigenvalue weighted by molar-refractivity contribution is 9.10. The third kappa shape index (κ3) is 1.78. The molecular weight excluding hydrogens is 251 g/mol. The second-order valence-electron chi connectivity index (χ2n) is 1.79. The van der Waals surface area contributed by atoms with Crippen LogP contribution < -0.4 is 0 Å². The van der Waals surface area contributed by atoms with Crippen molar-refractivity contribution < 1.29 is 13.4 Å². The lowest BCUT2D eigenvalue weighted by atomic mass is 10.4. The number of halogens is 2. The summed E-state index contributed by atoms with van der Waals surface area (Å²) in [4.78, 5) is 10.8. The average molecular weight is 255 g/mol. The molecule has 0 unspecified atom stereocenters. The lowest BCUT2D eigenvalue weighted by molar-refractivity contribution is 0.0594. The highest BCUT2D eigenvalue weighted by atomic mass is 79.9. The zero-order chi connectivity index (χ0) is 9.14. The molecule has 1 heterocycles. The van der Waals surface area contributed by atoms with Gasteiger partial charge in [0.25, 0.3) is 0 Å². The van der Waals surface area contributed by atoms with E-state index < -0.39 is 5.97 Å². The van der Waals surface area contributed by atoms with Gasteiger partial charge in [0.15, 0.2) is 18.0 Å². The third-order valence-electron chi connectivity index (χ3n) is 1.10. The standard InChI is InChI=1S/C5H4BrFN2O2S/c1-11-5(10)3-2-4(6)9(8-3)12-7/h2H,1H3. The van der Waals surface area contributed by atoms with Crippen LogP contribution in [0, 0.1) is 0 Å². The molecule has 4 nitrogen and oxygen atoms in total. The molecule has 0 aliphatic rings. The Balaban J connectivity index is 2.96. The van der Waals surface area contributed by atoms with Crippen LogP contribution in [0.3, 0.4) is 0 Å². The Labute approximate surface area is 80.6 Å². The van der Waals surface area contributed by atoms with E-state index in [-0.39, 0.29) is 18.0 Å². The first kappa shape index (κ1) is 9.53. The number of ether oxygens (including phenoxy) is 1. The molecule has 1 aromatic rings. The van der Waals surface area contributed by atoms with E-state index in [1.807, 2.05) is 0 Å². The molecule has 12 heavy (non-hydrogen) atoms. The number of hydrogen-bond acceptors (Lipinski definition) is 4. The van der Waals surface area contributed by atoms with E-state index in [9.17, 15) is 8.68 Å². The van der Waals surface area contributed by atoms with Crippen LogP contribution in [0.25, 0.3) is 0 Å². The average Bonchev–Trinajstić information content (AvgIpc) is 2.45. The molecule has 0 aromatic carbocycles. The van der Waals surface area contributed by atoms with Gasteiger partial charge in [-0.3, -0.25) is 0 Å². The van der Waals surface area contributed by atoms with Gasteiger partial charge in [0.1, 0.15) is 4.60 Å². The maximum Gasteiger partial charge on any atom is 0.358 e. The van der Waals surface area contributed by atoms with Crippen molar-refractivity contribution in [2.45, 2.75) is 0 Å². The third-order valence-corrected chi connectivity index (χ3v) is 2.31. The second-order valence-corrected chi connectivity index (χ2v) is 3.08. The van der Waals surface area contributed by atoms with E-state index in [1.165, 1.54) is 13.2 Å². The molecule has 0 radical (unpaired) electrons.